The molecule has 2 heterocycles. The largest absolute Gasteiger partial charge is 0.486 e. The van der Waals surface area contributed by atoms with E-state index >= 15 is 0 Å². The van der Waals surface area contributed by atoms with E-state index < -0.39 is 17.8 Å². The lowest BCUT2D eigenvalue weighted by atomic mass is 10.2. The van der Waals surface area contributed by atoms with Gasteiger partial charge in [0.25, 0.3) is 0 Å². The highest BCUT2D eigenvalue weighted by Crippen LogP contribution is 2.30. The summed E-state index contributed by atoms with van der Waals surface area (Å²) in [5, 5.41) is 13.7. The minimum absolute atomic E-state index is 0.0582. The monoisotopic (exact) mass is 499 g/mol. The van der Waals surface area contributed by atoms with Crippen LogP contribution in [0.25, 0.3) is 11.4 Å². The first-order valence-corrected chi connectivity index (χ1v) is 12.2. The summed E-state index contributed by atoms with van der Waals surface area (Å²) in [7, 11) is 0. The Kier molecular flexibility index (Phi) is 7.86. The number of carbonyl (C=O) groups excluding carboxylic acids is 2. The normalized spacial score (nSPS) is 14.6. The fourth-order valence-corrected chi connectivity index (χ4v) is 4.22. The molecule has 4 rings (SSSR count). The number of nitrogens with one attached hydrogen (secondary N) is 2. The second-order valence-electron chi connectivity index (χ2n) is 8.33. The van der Waals surface area contributed by atoms with Gasteiger partial charge in [0.1, 0.15) is 12.4 Å². The van der Waals surface area contributed by atoms with Crippen LogP contribution in [0.1, 0.15) is 13.8 Å². The molecule has 1 aliphatic rings. The van der Waals surface area contributed by atoms with Gasteiger partial charge in [0.05, 0.1) is 17.9 Å². The average Bonchev–Trinajstić information content (AvgIpc) is 3.23. The maximum Gasteiger partial charge on any atom is 0.321 e. The Morgan fingerprint density at radius 2 is 1.89 bits per heavy atom. The van der Waals surface area contributed by atoms with E-state index in [9.17, 15) is 14.0 Å². The van der Waals surface area contributed by atoms with E-state index in [1.54, 1.807) is 28.8 Å². The summed E-state index contributed by atoms with van der Waals surface area (Å²) >= 11 is 1.13. The predicted octanol–water partition coefficient (Wildman–Crippen LogP) is 3.50. The van der Waals surface area contributed by atoms with Gasteiger partial charge in [0, 0.05) is 6.54 Å². The van der Waals surface area contributed by atoms with Gasteiger partial charge in [-0.2, -0.15) is 0 Å². The molecule has 2 aromatic carbocycles. The number of hydrogen-bond acceptors (Lipinski definition) is 7. The van der Waals surface area contributed by atoms with Crippen LogP contribution < -0.4 is 20.1 Å². The van der Waals surface area contributed by atoms with Crippen molar-refractivity contribution in [2.75, 3.05) is 18.9 Å². The van der Waals surface area contributed by atoms with Gasteiger partial charge in [0.15, 0.2) is 28.6 Å². The molecule has 9 nitrogen and oxygen atoms in total. The highest BCUT2D eigenvalue weighted by Gasteiger charge is 2.22. The fraction of sp³-hybridized carbons (Fsp3) is 0.333. The molecular formula is C24H26FN5O4S. The number of halogens is 1. The first-order valence-electron chi connectivity index (χ1n) is 11.2. The van der Waals surface area contributed by atoms with Crippen LogP contribution in [0.5, 0.6) is 11.5 Å². The van der Waals surface area contributed by atoms with Crippen LogP contribution in [-0.4, -0.2) is 51.7 Å². The van der Waals surface area contributed by atoms with Crippen LogP contribution in [-0.2, 0) is 11.3 Å². The van der Waals surface area contributed by atoms with Crippen LogP contribution in [0, 0.1) is 11.7 Å². The van der Waals surface area contributed by atoms with Gasteiger partial charge in [0.2, 0.25) is 5.91 Å². The number of carbonyl (C=O) groups is 2. The third-order valence-electron chi connectivity index (χ3n) is 5.02. The van der Waals surface area contributed by atoms with Gasteiger partial charge < -0.3 is 19.4 Å². The molecular weight excluding hydrogens is 473 g/mol. The minimum atomic E-state index is -0.631. The number of hydrogen-bond donors (Lipinski definition) is 2. The first kappa shape index (κ1) is 24.5. The lowest BCUT2D eigenvalue weighted by molar-refractivity contribution is -0.117. The highest BCUT2D eigenvalue weighted by atomic mass is 32.2. The van der Waals surface area contributed by atoms with Gasteiger partial charge in [-0.3, -0.25) is 10.1 Å². The lowest BCUT2D eigenvalue weighted by Gasteiger charge is -2.26. The fourth-order valence-electron chi connectivity index (χ4n) is 3.47. The van der Waals surface area contributed by atoms with E-state index in [0.29, 0.717) is 34.6 Å². The van der Waals surface area contributed by atoms with Crippen LogP contribution in [0.2, 0.25) is 0 Å². The number of aromatic nitrogens is 3. The third kappa shape index (κ3) is 6.30. The molecule has 1 aliphatic heterocycles. The quantitative estimate of drug-likeness (QED) is 0.457. The topological polar surface area (TPSA) is 107 Å². The Morgan fingerprint density at radius 1 is 1.14 bits per heavy atom. The minimum Gasteiger partial charge on any atom is -0.486 e. The van der Waals surface area contributed by atoms with Crippen LogP contribution >= 0.6 is 11.8 Å². The van der Waals surface area contributed by atoms with Gasteiger partial charge in [-0.05, 0) is 30.2 Å². The van der Waals surface area contributed by atoms with Crippen LogP contribution in [0.15, 0.2) is 53.7 Å². The molecule has 0 bridgehead atoms. The highest BCUT2D eigenvalue weighted by molar-refractivity contribution is 7.99. The molecule has 3 amide bonds. The van der Waals surface area contributed by atoms with Crippen molar-refractivity contribution in [3.8, 4) is 22.9 Å². The van der Waals surface area contributed by atoms with Crippen molar-refractivity contribution in [2.45, 2.75) is 31.7 Å². The van der Waals surface area contributed by atoms with Crippen molar-refractivity contribution in [1.82, 2.24) is 25.4 Å². The molecule has 3 aromatic rings. The van der Waals surface area contributed by atoms with Crippen LogP contribution in [0.3, 0.4) is 0 Å². The number of nitrogens with zero attached hydrogens (tertiary/aromatic N) is 3. The molecule has 0 saturated heterocycles. The molecule has 1 atom stereocenters. The number of ether oxygens (including phenoxy) is 2. The summed E-state index contributed by atoms with van der Waals surface area (Å²) in [5.74, 6) is 0.957. The molecule has 0 aliphatic carbocycles. The number of amides is 3. The smallest absolute Gasteiger partial charge is 0.321 e. The van der Waals surface area contributed by atoms with Crippen molar-refractivity contribution in [3.05, 3.63) is 54.3 Å². The number of benzene rings is 2. The molecule has 0 fully saturated rings. The van der Waals surface area contributed by atoms with Crippen molar-refractivity contribution in [2.24, 2.45) is 5.92 Å². The molecule has 2 N–H and O–H groups in total. The number of urea groups is 1. The summed E-state index contributed by atoms with van der Waals surface area (Å²) < 4.78 is 27.5. The van der Waals surface area contributed by atoms with E-state index in [4.69, 9.17) is 9.47 Å². The van der Waals surface area contributed by atoms with Gasteiger partial charge in [-0.15, -0.1) is 10.2 Å². The van der Waals surface area contributed by atoms with Crippen molar-refractivity contribution in [3.63, 3.8) is 0 Å². The summed E-state index contributed by atoms with van der Waals surface area (Å²) in [4.78, 5) is 24.5. The number of imide groups is 1. The molecule has 0 radical (unpaired) electrons. The zero-order valence-corrected chi connectivity index (χ0v) is 20.2. The number of para-hydroxylation sites is 2. The summed E-state index contributed by atoms with van der Waals surface area (Å²) in [6.45, 7) is 5.06. The first-order chi connectivity index (χ1) is 16.9. The van der Waals surface area contributed by atoms with E-state index in [1.165, 1.54) is 6.07 Å². The Bertz CT molecular complexity index is 1200. The third-order valence-corrected chi connectivity index (χ3v) is 5.99. The van der Waals surface area contributed by atoms with Crippen molar-refractivity contribution >= 4 is 23.7 Å². The standard InChI is InChI=1S/C24H26FN5O4S/c1-15(2)12-30-22(17-7-3-4-8-18(17)25)28-29-24(30)35-14-21(31)27-23(32)26-11-16-13-33-19-9-5-6-10-20(19)34-16/h3-10,15-16H,11-14H2,1-2H3,(H2,26,27,31,32). The summed E-state index contributed by atoms with van der Waals surface area (Å²) in [6, 6.07) is 13.0. The van der Waals surface area contributed by atoms with E-state index in [2.05, 4.69) is 20.8 Å². The second-order valence-corrected chi connectivity index (χ2v) is 9.28. The predicted molar refractivity (Wildman–Crippen MR) is 129 cm³/mol. The summed E-state index contributed by atoms with van der Waals surface area (Å²) in [5.41, 5.74) is 0.341. The van der Waals surface area contributed by atoms with Crippen molar-refractivity contribution < 1.29 is 23.5 Å². The second kappa shape index (κ2) is 11.2. The molecule has 184 valence electrons. The molecule has 11 heteroatoms. The van der Waals surface area contributed by atoms with Crippen LogP contribution in [0.4, 0.5) is 9.18 Å². The zero-order chi connectivity index (χ0) is 24.8. The molecule has 35 heavy (non-hydrogen) atoms. The Balaban J connectivity index is 1.30. The van der Waals surface area contributed by atoms with Gasteiger partial charge in [-0.1, -0.05) is 49.9 Å². The number of fused-ring (bicyclic) bond motifs is 1. The summed E-state index contributed by atoms with van der Waals surface area (Å²) in [6.07, 6.45) is -0.369. The van der Waals surface area contributed by atoms with E-state index in [0.717, 1.165) is 11.8 Å². The molecule has 0 spiro atoms. The molecule has 1 aromatic heterocycles. The van der Waals surface area contributed by atoms with E-state index in [1.807, 2.05) is 32.0 Å². The Hall–Kier alpha value is -3.60. The zero-order valence-electron chi connectivity index (χ0n) is 19.4. The average molecular weight is 500 g/mol. The van der Waals surface area contributed by atoms with Gasteiger partial charge in [-0.25, -0.2) is 9.18 Å². The SMILES string of the molecule is CC(C)Cn1c(SCC(=O)NC(=O)NCC2COc3ccccc3O2)nnc1-c1ccccc1F. The van der Waals surface area contributed by atoms with Gasteiger partial charge >= 0.3 is 6.03 Å². The lowest BCUT2D eigenvalue weighted by Crippen LogP contribution is -2.46. The molecule has 1 unspecified atom stereocenters. The number of rotatable bonds is 8. The Morgan fingerprint density at radius 3 is 2.66 bits per heavy atom. The number of thioether (sulfide) groups is 1. The maximum absolute atomic E-state index is 14.3. The molecule has 0 saturated carbocycles. The van der Waals surface area contributed by atoms with E-state index in [-0.39, 0.29) is 30.9 Å². The maximum atomic E-state index is 14.3. The van der Waals surface area contributed by atoms with Crippen molar-refractivity contribution in [1.29, 1.82) is 0 Å². The Labute approximate surface area is 206 Å².